The normalized spacial score (nSPS) is 10.6. The highest BCUT2D eigenvalue weighted by atomic mass is 35.5. The molecule has 0 atom stereocenters. The Hall–Kier alpha value is -0.870. The summed E-state index contributed by atoms with van der Waals surface area (Å²) < 4.78 is 28.4. The third-order valence-electron chi connectivity index (χ3n) is 1.87. The zero-order valence-corrected chi connectivity index (χ0v) is 9.78. The largest absolute Gasteiger partial charge is 0.434 e. The summed E-state index contributed by atoms with van der Waals surface area (Å²) in [5.74, 6) is -0.653. The number of hydrogen-bond donors (Lipinski definition) is 0. The van der Waals surface area contributed by atoms with Crippen LogP contribution in [0.25, 0.3) is 0 Å². The van der Waals surface area contributed by atoms with E-state index in [-0.39, 0.29) is 27.8 Å². The van der Waals surface area contributed by atoms with Crippen LogP contribution in [0.1, 0.15) is 23.7 Å². The van der Waals surface area contributed by atoms with E-state index in [0.717, 1.165) is 0 Å². The van der Waals surface area contributed by atoms with Crippen LogP contribution < -0.4 is 4.74 Å². The van der Waals surface area contributed by atoms with Crippen LogP contribution in [0.3, 0.4) is 0 Å². The molecule has 0 spiro atoms. The molecule has 0 fully saturated rings. The van der Waals surface area contributed by atoms with Gasteiger partial charge in [-0.05, 0) is 12.1 Å². The van der Waals surface area contributed by atoms with Crippen molar-refractivity contribution in [2.45, 2.75) is 20.0 Å². The van der Waals surface area contributed by atoms with Crippen LogP contribution >= 0.6 is 23.2 Å². The summed E-state index contributed by atoms with van der Waals surface area (Å²) in [5.41, 5.74) is -0.100. The van der Waals surface area contributed by atoms with Gasteiger partial charge in [-0.25, -0.2) is 0 Å². The molecule has 0 N–H and O–H groups in total. The van der Waals surface area contributed by atoms with Crippen LogP contribution in [-0.4, -0.2) is 12.4 Å². The molecule has 0 aliphatic carbocycles. The SMILES string of the molecule is CCC(=O)c1c(OC(F)F)ccc(Cl)c1Cl. The molecule has 0 heterocycles. The first-order valence-electron chi connectivity index (χ1n) is 4.43. The van der Waals surface area contributed by atoms with Gasteiger partial charge in [0.25, 0.3) is 0 Å². The fourth-order valence-corrected chi connectivity index (χ4v) is 1.58. The number of carbonyl (C=O) groups excluding carboxylic acids is 1. The summed E-state index contributed by atoms with van der Waals surface area (Å²) >= 11 is 11.5. The zero-order valence-electron chi connectivity index (χ0n) is 8.27. The summed E-state index contributed by atoms with van der Waals surface area (Å²) in [6.07, 6.45) is 0.125. The van der Waals surface area contributed by atoms with E-state index in [1.54, 1.807) is 6.92 Å². The van der Waals surface area contributed by atoms with Gasteiger partial charge in [0.1, 0.15) is 5.75 Å². The molecule has 16 heavy (non-hydrogen) atoms. The van der Waals surface area contributed by atoms with E-state index >= 15 is 0 Å². The number of carbonyl (C=O) groups is 1. The third kappa shape index (κ3) is 2.83. The Bertz CT molecular complexity index is 408. The smallest absolute Gasteiger partial charge is 0.387 e. The van der Waals surface area contributed by atoms with Crippen molar-refractivity contribution in [2.75, 3.05) is 0 Å². The second kappa shape index (κ2) is 5.46. The Morgan fingerprint density at radius 3 is 2.56 bits per heavy atom. The number of ether oxygens (including phenoxy) is 1. The topological polar surface area (TPSA) is 26.3 Å². The number of benzene rings is 1. The van der Waals surface area contributed by atoms with Gasteiger partial charge in [0.05, 0.1) is 15.6 Å². The number of halogens is 4. The predicted octanol–water partition coefficient (Wildman–Crippen LogP) is 4.19. The van der Waals surface area contributed by atoms with Crippen molar-refractivity contribution in [1.29, 1.82) is 0 Å². The van der Waals surface area contributed by atoms with Gasteiger partial charge in [-0.1, -0.05) is 30.1 Å². The van der Waals surface area contributed by atoms with Crippen molar-refractivity contribution < 1.29 is 18.3 Å². The summed E-state index contributed by atoms with van der Waals surface area (Å²) in [6.45, 7) is -1.42. The van der Waals surface area contributed by atoms with Gasteiger partial charge in [-0.3, -0.25) is 4.79 Å². The minimum atomic E-state index is -3.01. The number of ketones is 1. The predicted molar refractivity (Wildman–Crippen MR) is 57.7 cm³/mol. The highest BCUT2D eigenvalue weighted by Crippen LogP contribution is 2.34. The molecular formula is C10H8Cl2F2O2. The summed E-state index contributed by atoms with van der Waals surface area (Å²) in [6, 6.07) is 2.50. The fraction of sp³-hybridized carbons (Fsp3) is 0.300. The zero-order chi connectivity index (χ0) is 12.3. The van der Waals surface area contributed by atoms with Gasteiger partial charge in [-0.15, -0.1) is 0 Å². The molecule has 1 aromatic rings. The van der Waals surface area contributed by atoms with Crippen molar-refractivity contribution >= 4 is 29.0 Å². The number of hydrogen-bond acceptors (Lipinski definition) is 2. The molecule has 0 unspecified atom stereocenters. The summed E-state index contributed by atoms with van der Waals surface area (Å²) in [7, 11) is 0. The summed E-state index contributed by atoms with van der Waals surface area (Å²) in [5, 5.41) is 0.0618. The van der Waals surface area contributed by atoms with E-state index in [4.69, 9.17) is 23.2 Å². The Morgan fingerprint density at radius 1 is 1.44 bits per heavy atom. The molecule has 0 aromatic heterocycles. The standard InChI is InChI=1S/C10H8Cl2F2O2/c1-2-6(15)8-7(16-10(13)14)4-3-5(11)9(8)12/h3-4,10H,2H2,1H3. The first-order chi connectivity index (χ1) is 7.47. The monoisotopic (exact) mass is 268 g/mol. The minimum absolute atomic E-state index is 0.0633. The molecule has 0 saturated carbocycles. The highest BCUT2D eigenvalue weighted by Gasteiger charge is 2.19. The van der Waals surface area contributed by atoms with Gasteiger partial charge in [0.15, 0.2) is 5.78 Å². The average Bonchev–Trinajstić information content (AvgIpc) is 2.22. The molecule has 1 aromatic carbocycles. The van der Waals surface area contributed by atoms with E-state index in [2.05, 4.69) is 4.74 Å². The molecular weight excluding hydrogens is 261 g/mol. The second-order valence-corrected chi connectivity index (χ2v) is 3.67. The molecule has 0 aliphatic heterocycles. The van der Waals surface area contributed by atoms with Crippen molar-refractivity contribution in [3.63, 3.8) is 0 Å². The molecule has 88 valence electrons. The lowest BCUT2D eigenvalue weighted by Gasteiger charge is -2.11. The van der Waals surface area contributed by atoms with E-state index in [1.807, 2.05) is 0 Å². The Morgan fingerprint density at radius 2 is 2.06 bits per heavy atom. The van der Waals surface area contributed by atoms with Gasteiger partial charge >= 0.3 is 6.61 Å². The lowest BCUT2D eigenvalue weighted by atomic mass is 10.1. The second-order valence-electron chi connectivity index (χ2n) is 2.89. The van der Waals surface area contributed by atoms with E-state index in [1.165, 1.54) is 12.1 Å². The van der Waals surface area contributed by atoms with Gasteiger partial charge in [0, 0.05) is 6.42 Å². The lowest BCUT2D eigenvalue weighted by Crippen LogP contribution is -2.08. The van der Waals surface area contributed by atoms with Gasteiger partial charge in [0.2, 0.25) is 0 Å². The van der Waals surface area contributed by atoms with Crippen LogP contribution in [-0.2, 0) is 0 Å². The van der Waals surface area contributed by atoms with Crippen LogP contribution in [0, 0.1) is 0 Å². The molecule has 2 nitrogen and oxygen atoms in total. The maximum Gasteiger partial charge on any atom is 0.387 e. The molecule has 0 bridgehead atoms. The van der Waals surface area contributed by atoms with Crippen molar-refractivity contribution in [3.8, 4) is 5.75 Å². The maximum atomic E-state index is 12.1. The Labute approximate surface area is 101 Å². The Kier molecular flexibility index (Phi) is 4.50. The molecule has 1 rings (SSSR count). The van der Waals surface area contributed by atoms with Crippen LogP contribution in [0.4, 0.5) is 8.78 Å². The van der Waals surface area contributed by atoms with Crippen molar-refractivity contribution in [3.05, 3.63) is 27.7 Å². The average molecular weight is 269 g/mol. The molecule has 6 heteroatoms. The van der Waals surface area contributed by atoms with Crippen molar-refractivity contribution in [1.82, 2.24) is 0 Å². The van der Waals surface area contributed by atoms with E-state index < -0.39 is 12.4 Å². The lowest BCUT2D eigenvalue weighted by molar-refractivity contribution is -0.0501. The van der Waals surface area contributed by atoms with Crippen LogP contribution in [0.5, 0.6) is 5.75 Å². The van der Waals surface area contributed by atoms with E-state index in [9.17, 15) is 13.6 Å². The van der Waals surface area contributed by atoms with Crippen LogP contribution in [0.15, 0.2) is 12.1 Å². The third-order valence-corrected chi connectivity index (χ3v) is 2.68. The number of alkyl halides is 2. The van der Waals surface area contributed by atoms with E-state index in [0.29, 0.717) is 0 Å². The highest BCUT2D eigenvalue weighted by molar-refractivity contribution is 6.44. The van der Waals surface area contributed by atoms with Crippen LogP contribution in [0.2, 0.25) is 10.0 Å². The first kappa shape index (κ1) is 13.2. The number of rotatable bonds is 4. The quantitative estimate of drug-likeness (QED) is 0.766. The summed E-state index contributed by atoms with van der Waals surface area (Å²) in [4.78, 5) is 11.5. The molecule has 0 saturated heterocycles. The fourth-order valence-electron chi connectivity index (χ4n) is 1.16. The minimum Gasteiger partial charge on any atom is -0.434 e. The van der Waals surface area contributed by atoms with Gasteiger partial charge in [-0.2, -0.15) is 8.78 Å². The molecule has 0 radical (unpaired) electrons. The maximum absolute atomic E-state index is 12.1. The Balaban J connectivity index is 3.27. The number of Topliss-reactive ketones (excluding diaryl/α,β-unsaturated/α-hetero) is 1. The molecule has 0 aliphatic rings. The first-order valence-corrected chi connectivity index (χ1v) is 5.19. The van der Waals surface area contributed by atoms with Gasteiger partial charge < -0.3 is 4.74 Å². The molecule has 0 amide bonds. The van der Waals surface area contributed by atoms with Crippen molar-refractivity contribution in [2.24, 2.45) is 0 Å².